The molecule has 17 heavy (non-hydrogen) atoms. The van der Waals surface area contributed by atoms with E-state index in [1.807, 2.05) is 26.0 Å². The maximum absolute atomic E-state index is 10.6. The molecule has 5 heteroatoms. The van der Waals surface area contributed by atoms with Crippen LogP contribution in [-0.4, -0.2) is 30.8 Å². The Morgan fingerprint density at radius 1 is 1.65 bits per heavy atom. The molecule has 0 aromatic carbocycles. The zero-order valence-electron chi connectivity index (χ0n) is 10.7. The van der Waals surface area contributed by atoms with Crippen LogP contribution < -0.4 is 5.84 Å². The molecule has 0 spiro atoms. The summed E-state index contributed by atoms with van der Waals surface area (Å²) in [5, 5.41) is 4.45. The molecular formula is C12H21N3O2. The van der Waals surface area contributed by atoms with Crippen molar-refractivity contribution in [3.63, 3.8) is 0 Å². The molecule has 0 aromatic heterocycles. The molecule has 0 saturated carbocycles. The maximum atomic E-state index is 10.6. The second-order valence-electron chi connectivity index (χ2n) is 3.65. The average molecular weight is 239 g/mol. The first-order valence-electron chi connectivity index (χ1n) is 5.50. The van der Waals surface area contributed by atoms with Crippen molar-refractivity contribution in [2.24, 2.45) is 11.0 Å². The number of amides is 1. The smallest absolute Gasteiger partial charge is 0.224 e. The maximum Gasteiger partial charge on any atom is 0.224 e. The highest BCUT2D eigenvalue weighted by atomic mass is 16.6. The molecule has 5 nitrogen and oxygen atoms in total. The fraction of sp³-hybridized carbons (Fsp3) is 0.500. The van der Waals surface area contributed by atoms with Gasteiger partial charge in [0.1, 0.15) is 6.61 Å². The minimum Gasteiger partial charge on any atom is -0.392 e. The van der Waals surface area contributed by atoms with Gasteiger partial charge in [0.2, 0.25) is 6.41 Å². The van der Waals surface area contributed by atoms with Crippen molar-refractivity contribution in [3.8, 4) is 0 Å². The molecular weight excluding hydrogens is 218 g/mol. The van der Waals surface area contributed by atoms with Gasteiger partial charge in [0.25, 0.3) is 0 Å². The van der Waals surface area contributed by atoms with Gasteiger partial charge in [0, 0.05) is 6.72 Å². The number of carbonyl (C=O) groups excluding carboxylic acids is 1. The van der Waals surface area contributed by atoms with E-state index < -0.39 is 0 Å². The Hall–Kier alpha value is -1.62. The molecule has 0 aliphatic heterocycles. The predicted molar refractivity (Wildman–Crippen MR) is 69.2 cm³/mol. The van der Waals surface area contributed by atoms with E-state index in [-0.39, 0.29) is 12.6 Å². The van der Waals surface area contributed by atoms with Gasteiger partial charge in [-0.3, -0.25) is 9.80 Å². The lowest BCUT2D eigenvalue weighted by atomic mass is 10.0. The number of nitrogens with zero attached hydrogens (tertiary/aromatic N) is 2. The Morgan fingerprint density at radius 2 is 2.29 bits per heavy atom. The van der Waals surface area contributed by atoms with Crippen molar-refractivity contribution >= 4 is 13.1 Å². The van der Waals surface area contributed by atoms with Crippen LogP contribution in [0, 0.1) is 0 Å². The molecule has 0 heterocycles. The van der Waals surface area contributed by atoms with Crippen LogP contribution in [-0.2, 0) is 9.63 Å². The normalized spacial score (nSPS) is 14.1. The minimum absolute atomic E-state index is 0.240. The monoisotopic (exact) mass is 239 g/mol. The van der Waals surface area contributed by atoms with Gasteiger partial charge in [-0.25, -0.2) is 5.84 Å². The third-order valence-corrected chi connectivity index (χ3v) is 2.49. The SMILES string of the molecule is C=NOC/C(=C(C)/C=C\CC)C(C)N(N)C=O. The highest BCUT2D eigenvalue weighted by Crippen LogP contribution is 2.14. The van der Waals surface area contributed by atoms with Gasteiger partial charge in [-0.2, -0.15) is 0 Å². The minimum atomic E-state index is -0.240. The third kappa shape index (κ3) is 5.31. The molecule has 0 rings (SSSR count). The van der Waals surface area contributed by atoms with Crippen LogP contribution in [0.15, 0.2) is 28.5 Å². The van der Waals surface area contributed by atoms with Crippen molar-refractivity contribution in [1.82, 2.24) is 5.01 Å². The Balaban J connectivity index is 5.02. The lowest BCUT2D eigenvalue weighted by Gasteiger charge is -2.23. The second-order valence-corrected chi connectivity index (χ2v) is 3.65. The van der Waals surface area contributed by atoms with Crippen molar-refractivity contribution in [2.45, 2.75) is 33.2 Å². The Kier molecular flexibility index (Phi) is 7.71. The summed E-state index contributed by atoms with van der Waals surface area (Å²) >= 11 is 0. The molecule has 0 aliphatic carbocycles. The first-order valence-corrected chi connectivity index (χ1v) is 5.50. The quantitative estimate of drug-likeness (QED) is 0.175. The van der Waals surface area contributed by atoms with E-state index in [1.54, 1.807) is 0 Å². The number of hydrogen-bond acceptors (Lipinski definition) is 4. The van der Waals surface area contributed by atoms with Gasteiger partial charge < -0.3 is 4.84 Å². The third-order valence-electron chi connectivity index (χ3n) is 2.49. The number of nitrogens with two attached hydrogens (primary N) is 1. The summed E-state index contributed by atoms with van der Waals surface area (Å²) in [7, 11) is 0. The average Bonchev–Trinajstić information content (AvgIpc) is 2.35. The van der Waals surface area contributed by atoms with E-state index in [0.717, 1.165) is 22.6 Å². The molecule has 0 fully saturated rings. The molecule has 1 unspecified atom stereocenters. The summed E-state index contributed by atoms with van der Waals surface area (Å²) in [6.07, 6.45) is 5.55. The molecule has 96 valence electrons. The number of hydrogen-bond donors (Lipinski definition) is 1. The molecule has 2 N–H and O–H groups in total. The van der Waals surface area contributed by atoms with Crippen molar-refractivity contribution in [3.05, 3.63) is 23.3 Å². The summed E-state index contributed by atoms with van der Waals surface area (Å²) in [6, 6.07) is -0.240. The number of oxime groups is 1. The van der Waals surface area contributed by atoms with Crippen LogP contribution in [0.2, 0.25) is 0 Å². The summed E-state index contributed by atoms with van der Waals surface area (Å²) < 4.78 is 0. The lowest BCUT2D eigenvalue weighted by Crippen LogP contribution is -2.40. The van der Waals surface area contributed by atoms with Gasteiger partial charge in [0.15, 0.2) is 0 Å². The van der Waals surface area contributed by atoms with Crippen LogP contribution in [0.1, 0.15) is 27.2 Å². The molecule has 0 aliphatic rings. The summed E-state index contributed by atoms with van der Waals surface area (Å²) in [5.74, 6) is 5.56. The summed E-state index contributed by atoms with van der Waals surface area (Å²) in [6.45, 7) is 9.35. The Morgan fingerprint density at radius 3 is 2.76 bits per heavy atom. The standard InChI is InChI=1S/C12H21N3O2/c1-5-6-7-10(2)12(8-17-14-4)11(3)15(13)9-16/h6-7,9,11H,4-5,8,13H2,1-3H3/b7-6-,12-10-. The molecule has 1 atom stereocenters. The van der Waals surface area contributed by atoms with E-state index in [0.29, 0.717) is 6.41 Å². The van der Waals surface area contributed by atoms with Crippen LogP contribution in [0.25, 0.3) is 0 Å². The van der Waals surface area contributed by atoms with Crippen LogP contribution in [0.5, 0.6) is 0 Å². The van der Waals surface area contributed by atoms with Gasteiger partial charge >= 0.3 is 0 Å². The second kappa shape index (κ2) is 8.52. The van der Waals surface area contributed by atoms with Crippen LogP contribution in [0.3, 0.4) is 0 Å². The van der Waals surface area contributed by atoms with E-state index in [1.165, 1.54) is 0 Å². The van der Waals surface area contributed by atoms with Crippen LogP contribution >= 0.6 is 0 Å². The highest BCUT2D eigenvalue weighted by Gasteiger charge is 2.16. The number of hydrazine groups is 1. The molecule has 0 radical (unpaired) electrons. The number of rotatable bonds is 8. The zero-order valence-corrected chi connectivity index (χ0v) is 10.7. The zero-order chi connectivity index (χ0) is 13.3. The van der Waals surface area contributed by atoms with Crippen molar-refractivity contribution < 1.29 is 9.63 Å². The highest BCUT2D eigenvalue weighted by molar-refractivity contribution is 5.48. The largest absolute Gasteiger partial charge is 0.392 e. The summed E-state index contributed by atoms with van der Waals surface area (Å²) in [5.41, 5.74) is 1.91. The topological polar surface area (TPSA) is 67.9 Å². The van der Waals surface area contributed by atoms with E-state index in [2.05, 4.69) is 18.8 Å². The predicted octanol–water partition coefficient (Wildman–Crippen LogP) is 1.62. The molecule has 1 amide bonds. The molecule has 0 aromatic rings. The van der Waals surface area contributed by atoms with Crippen molar-refractivity contribution in [1.29, 1.82) is 0 Å². The Labute approximate surface area is 103 Å². The van der Waals surface area contributed by atoms with Gasteiger partial charge in [0.05, 0.1) is 6.04 Å². The lowest BCUT2D eigenvalue weighted by molar-refractivity contribution is -0.119. The first kappa shape index (κ1) is 15.4. The number of carbonyl (C=O) groups is 1. The Bertz CT molecular complexity index is 311. The van der Waals surface area contributed by atoms with Gasteiger partial charge in [-0.1, -0.05) is 19.1 Å². The van der Waals surface area contributed by atoms with E-state index in [4.69, 9.17) is 10.7 Å². The fourth-order valence-electron chi connectivity index (χ4n) is 1.35. The molecule has 0 bridgehead atoms. The fourth-order valence-corrected chi connectivity index (χ4v) is 1.35. The van der Waals surface area contributed by atoms with E-state index in [9.17, 15) is 4.79 Å². The molecule has 0 saturated heterocycles. The summed E-state index contributed by atoms with van der Waals surface area (Å²) in [4.78, 5) is 15.6. The number of allylic oxidation sites excluding steroid dienone is 3. The van der Waals surface area contributed by atoms with Crippen molar-refractivity contribution in [2.75, 3.05) is 6.61 Å². The first-order chi connectivity index (χ1) is 8.08. The van der Waals surface area contributed by atoms with E-state index >= 15 is 0 Å². The van der Waals surface area contributed by atoms with Gasteiger partial charge in [-0.05, 0) is 31.4 Å². The van der Waals surface area contributed by atoms with Crippen LogP contribution in [0.4, 0.5) is 0 Å². The van der Waals surface area contributed by atoms with Gasteiger partial charge in [-0.15, -0.1) is 5.16 Å².